The number of benzene rings is 1. The number of amides is 1. The highest BCUT2D eigenvalue weighted by molar-refractivity contribution is 5.92. The van der Waals surface area contributed by atoms with Crippen LogP contribution < -0.4 is 15.8 Å². The van der Waals surface area contributed by atoms with Gasteiger partial charge in [0.05, 0.1) is 6.61 Å². The van der Waals surface area contributed by atoms with Crippen LogP contribution in [0.5, 0.6) is 5.75 Å². The third-order valence-corrected chi connectivity index (χ3v) is 4.79. The second-order valence-corrected chi connectivity index (χ2v) is 6.65. The number of rotatable bonds is 5. The van der Waals surface area contributed by atoms with E-state index in [-0.39, 0.29) is 17.9 Å². The normalized spacial score (nSPS) is 25.3. The molecule has 23 heavy (non-hydrogen) atoms. The molecule has 3 N–H and O–H groups in total. The molecule has 2 atom stereocenters. The first-order valence-corrected chi connectivity index (χ1v) is 8.58. The summed E-state index contributed by atoms with van der Waals surface area (Å²) >= 11 is 0. The van der Waals surface area contributed by atoms with E-state index >= 15 is 0 Å². The lowest BCUT2D eigenvalue weighted by Gasteiger charge is -2.22. The smallest absolute Gasteiger partial charge is 0.227 e. The zero-order chi connectivity index (χ0) is 16.1. The SMILES string of the molecule is NC1CCC(C(=O)Nc2ccc(OCC3CCOCC3)cc2)C1. The summed E-state index contributed by atoms with van der Waals surface area (Å²) in [4.78, 5) is 12.2. The third-order valence-electron chi connectivity index (χ3n) is 4.79. The number of hydrogen-bond donors (Lipinski definition) is 2. The average molecular weight is 318 g/mol. The van der Waals surface area contributed by atoms with E-state index in [9.17, 15) is 4.79 Å². The zero-order valence-electron chi connectivity index (χ0n) is 13.5. The molecule has 2 fully saturated rings. The topological polar surface area (TPSA) is 73.6 Å². The molecule has 0 bridgehead atoms. The van der Waals surface area contributed by atoms with Gasteiger partial charge in [0.2, 0.25) is 5.91 Å². The van der Waals surface area contributed by atoms with Gasteiger partial charge < -0.3 is 20.5 Å². The molecular formula is C18H26N2O3. The minimum atomic E-state index is 0.0504. The number of carbonyl (C=O) groups excluding carboxylic acids is 1. The Kier molecular flexibility index (Phi) is 5.51. The molecule has 5 heteroatoms. The van der Waals surface area contributed by atoms with Gasteiger partial charge in [0, 0.05) is 30.9 Å². The minimum Gasteiger partial charge on any atom is -0.493 e. The van der Waals surface area contributed by atoms with Crippen LogP contribution in [0.25, 0.3) is 0 Å². The average Bonchev–Trinajstić information content (AvgIpc) is 3.02. The van der Waals surface area contributed by atoms with E-state index in [0.29, 0.717) is 5.92 Å². The quantitative estimate of drug-likeness (QED) is 0.875. The monoisotopic (exact) mass is 318 g/mol. The van der Waals surface area contributed by atoms with Gasteiger partial charge in [-0.25, -0.2) is 0 Å². The molecule has 0 radical (unpaired) electrons. The van der Waals surface area contributed by atoms with Gasteiger partial charge >= 0.3 is 0 Å². The molecule has 2 unspecified atom stereocenters. The van der Waals surface area contributed by atoms with Gasteiger partial charge in [0.25, 0.3) is 0 Å². The van der Waals surface area contributed by atoms with E-state index in [1.165, 1.54) is 0 Å². The van der Waals surface area contributed by atoms with Gasteiger partial charge in [0.15, 0.2) is 0 Å². The second kappa shape index (κ2) is 7.79. The molecule has 3 rings (SSSR count). The fourth-order valence-electron chi connectivity index (χ4n) is 3.26. The molecule has 1 amide bonds. The number of carbonyl (C=O) groups is 1. The molecule has 0 spiro atoms. The molecule has 1 aliphatic carbocycles. The zero-order valence-corrected chi connectivity index (χ0v) is 13.5. The molecule has 1 saturated heterocycles. The van der Waals surface area contributed by atoms with Crippen LogP contribution in [0.1, 0.15) is 32.1 Å². The summed E-state index contributed by atoms with van der Waals surface area (Å²) in [5.74, 6) is 1.55. The fourth-order valence-corrected chi connectivity index (χ4v) is 3.26. The Balaban J connectivity index is 1.45. The first-order valence-electron chi connectivity index (χ1n) is 8.58. The number of anilines is 1. The lowest BCUT2D eigenvalue weighted by atomic mass is 10.0. The lowest BCUT2D eigenvalue weighted by molar-refractivity contribution is -0.119. The highest BCUT2D eigenvalue weighted by atomic mass is 16.5. The largest absolute Gasteiger partial charge is 0.493 e. The van der Waals surface area contributed by atoms with Crippen LogP contribution in [0.4, 0.5) is 5.69 Å². The van der Waals surface area contributed by atoms with Crippen LogP contribution in [0.15, 0.2) is 24.3 Å². The number of nitrogens with two attached hydrogens (primary N) is 1. The lowest BCUT2D eigenvalue weighted by Crippen LogP contribution is -2.23. The highest BCUT2D eigenvalue weighted by Crippen LogP contribution is 2.26. The Labute approximate surface area is 137 Å². The summed E-state index contributed by atoms with van der Waals surface area (Å²) in [6.45, 7) is 2.41. The maximum absolute atomic E-state index is 12.2. The number of ether oxygens (including phenoxy) is 2. The van der Waals surface area contributed by atoms with E-state index in [1.54, 1.807) is 0 Å². The van der Waals surface area contributed by atoms with Gasteiger partial charge in [0.1, 0.15) is 5.75 Å². The second-order valence-electron chi connectivity index (χ2n) is 6.65. The van der Waals surface area contributed by atoms with Crippen molar-refractivity contribution in [1.82, 2.24) is 0 Å². The summed E-state index contributed by atoms with van der Waals surface area (Å²) in [5.41, 5.74) is 6.68. The molecule has 1 saturated carbocycles. The van der Waals surface area contributed by atoms with E-state index in [0.717, 1.165) is 63.4 Å². The van der Waals surface area contributed by atoms with Crippen LogP contribution in [0.3, 0.4) is 0 Å². The van der Waals surface area contributed by atoms with Crippen LogP contribution in [-0.2, 0) is 9.53 Å². The summed E-state index contributed by atoms with van der Waals surface area (Å²) in [5, 5.41) is 2.97. The standard InChI is InChI=1S/C18H26N2O3/c19-15-2-1-14(11-15)18(21)20-16-3-5-17(6-4-16)23-12-13-7-9-22-10-8-13/h3-6,13-15H,1-2,7-12,19H2,(H,20,21). The van der Waals surface area contributed by atoms with Crippen molar-refractivity contribution in [1.29, 1.82) is 0 Å². The third kappa shape index (κ3) is 4.69. The molecule has 1 aliphatic heterocycles. The van der Waals surface area contributed by atoms with Crippen molar-refractivity contribution in [2.75, 3.05) is 25.1 Å². The van der Waals surface area contributed by atoms with Gasteiger partial charge in [-0.05, 0) is 62.3 Å². The Hall–Kier alpha value is -1.59. The van der Waals surface area contributed by atoms with Crippen LogP contribution in [0.2, 0.25) is 0 Å². The summed E-state index contributed by atoms with van der Waals surface area (Å²) in [6, 6.07) is 7.79. The van der Waals surface area contributed by atoms with Gasteiger partial charge in [-0.2, -0.15) is 0 Å². The number of hydrogen-bond acceptors (Lipinski definition) is 4. The molecule has 0 aromatic heterocycles. The van der Waals surface area contributed by atoms with Crippen LogP contribution >= 0.6 is 0 Å². The highest BCUT2D eigenvalue weighted by Gasteiger charge is 2.27. The Bertz CT molecular complexity index is 512. The molecule has 5 nitrogen and oxygen atoms in total. The predicted octanol–water partition coefficient (Wildman–Crippen LogP) is 2.56. The van der Waals surface area contributed by atoms with Crippen LogP contribution in [0, 0.1) is 11.8 Å². The molecule has 1 aromatic rings. The van der Waals surface area contributed by atoms with Crippen molar-refractivity contribution in [2.45, 2.75) is 38.1 Å². The van der Waals surface area contributed by atoms with Crippen molar-refractivity contribution in [3.8, 4) is 5.75 Å². The van der Waals surface area contributed by atoms with Crippen molar-refractivity contribution in [3.63, 3.8) is 0 Å². The Morgan fingerprint density at radius 2 is 1.91 bits per heavy atom. The van der Waals surface area contributed by atoms with Crippen molar-refractivity contribution < 1.29 is 14.3 Å². The van der Waals surface area contributed by atoms with Crippen LogP contribution in [-0.4, -0.2) is 31.8 Å². The van der Waals surface area contributed by atoms with Crippen molar-refractivity contribution in [2.24, 2.45) is 17.6 Å². The summed E-state index contributed by atoms with van der Waals surface area (Å²) in [6.07, 6.45) is 4.75. The predicted molar refractivity (Wildman–Crippen MR) is 89.4 cm³/mol. The van der Waals surface area contributed by atoms with Crippen molar-refractivity contribution in [3.05, 3.63) is 24.3 Å². The first-order chi connectivity index (χ1) is 11.2. The van der Waals surface area contributed by atoms with E-state index in [2.05, 4.69) is 5.32 Å². The van der Waals surface area contributed by atoms with Gasteiger partial charge in [-0.1, -0.05) is 0 Å². The maximum Gasteiger partial charge on any atom is 0.227 e. The van der Waals surface area contributed by atoms with E-state index in [1.807, 2.05) is 24.3 Å². The van der Waals surface area contributed by atoms with Gasteiger partial charge in [-0.15, -0.1) is 0 Å². The first kappa shape index (κ1) is 16.3. The fraction of sp³-hybridized carbons (Fsp3) is 0.611. The molecule has 1 heterocycles. The number of nitrogens with one attached hydrogen (secondary N) is 1. The molecular weight excluding hydrogens is 292 g/mol. The maximum atomic E-state index is 12.2. The van der Waals surface area contributed by atoms with E-state index < -0.39 is 0 Å². The molecule has 2 aliphatic rings. The molecule has 126 valence electrons. The minimum absolute atomic E-state index is 0.0504. The summed E-state index contributed by atoms with van der Waals surface area (Å²) < 4.78 is 11.2. The Morgan fingerprint density at radius 3 is 2.57 bits per heavy atom. The van der Waals surface area contributed by atoms with Crippen molar-refractivity contribution >= 4 is 11.6 Å². The van der Waals surface area contributed by atoms with Gasteiger partial charge in [-0.3, -0.25) is 4.79 Å². The van der Waals surface area contributed by atoms with E-state index in [4.69, 9.17) is 15.2 Å². The molecule has 1 aromatic carbocycles. The summed E-state index contributed by atoms with van der Waals surface area (Å²) in [7, 11) is 0. The Morgan fingerprint density at radius 1 is 1.17 bits per heavy atom.